The maximum atomic E-state index is 12.2. The molecule has 1 aromatic rings. The Kier molecular flexibility index (Phi) is 4.80. The molecule has 28 heavy (non-hydrogen) atoms. The summed E-state index contributed by atoms with van der Waals surface area (Å²) in [5.41, 5.74) is -0.0351. The molecule has 3 heterocycles. The summed E-state index contributed by atoms with van der Waals surface area (Å²) in [5.74, 6) is 0.855. The molecular formula is C19H24N2O7. The lowest BCUT2D eigenvalue weighted by molar-refractivity contribution is -0.149. The van der Waals surface area contributed by atoms with Crippen LogP contribution in [0.25, 0.3) is 0 Å². The number of carbonyl (C=O) groups excluding carboxylic acids is 1. The average Bonchev–Trinajstić information content (AvgIpc) is 3.33. The zero-order chi connectivity index (χ0) is 19.9. The molecule has 152 valence electrons. The summed E-state index contributed by atoms with van der Waals surface area (Å²) < 4.78 is 21.2. The third kappa shape index (κ3) is 3.04. The van der Waals surface area contributed by atoms with Gasteiger partial charge in [-0.15, -0.1) is 0 Å². The van der Waals surface area contributed by atoms with Gasteiger partial charge in [0.1, 0.15) is 17.8 Å². The second-order valence-electron chi connectivity index (χ2n) is 7.55. The number of hydrogen-bond donors (Lipinski definition) is 1. The van der Waals surface area contributed by atoms with Crippen molar-refractivity contribution in [2.75, 3.05) is 53.8 Å². The standard InChI is InChI=1S/C19H24N2O7/c1-25-8-17(22)21-7-13-6-20(9-19(13,10-21)18(23)24)5-12-3-15-16(28-11-27-15)4-14(12)26-2/h3-4,13H,5-11H2,1-2H3,(H,23,24)/t13-,19-/m0/s1. The Morgan fingerprint density at radius 2 is 1.96 bits per heavy atom. The van der Waals surface area contributed by atoms with Crippen molar-refractivity contribution in [1.82, 2.24) is 9.80 Å². The van der Waals surface area contributed by atoms with E-state index in [1.54, 1.807) is 18.1 Å². The van der Waals surface area contributed by atoms with Crippen LogP contribution < -0.4 is 14.2 Å². The number of carboxylic acids is 1. The molecule has 0 saturated carbocycles. The van der Waals surface area contributed by atoms with Crippen LogP contribution in [0.15, 0.2) is 12.1 Å². The molecule has 9 nitrogen and oxygen atoms in total. The van der Waals surface area contributed by atoms with E-state index in [1.165, 1.54) is 7.11 Å². The number of aliphatic carboxylic acids is 1. The largest absolute Gasteiger partial charge is 0.496 e. The molecule has 2 fully saturated rings. The number of hydrogen-bond acceptors (Lipinski definition) is 7. The van der Waals surface area contributed by atoms with Crippen molar-refractivity contribution in [3.63, 3.8) is 0 Å². The minimum atomic E-state index is -0.951. The molecule has 3 aliphatic heterocycles. The number of amides is 1. The van der Waals surface area contributed by atoms with Gasteiger partial charge in [-0.1, -0.05) is 0 Å². The first-order valence-corrected chi connectivity index (χ1v) is 9.16. The smallest absolute Gasteiger partial charge is 0.313 e. The quantitative estimate of drug-likeness (QED) is 0.744. The summed E-state index contributed by atoms with van der Waals surface area (Å²) in [7, 11) is 3.06. The van der Waals surface area contributed by atoms with Crippen molar-refractivity contribution in [3.05, 3.63) is 17.7 Å². The number of nitrogens with zero attached hydrogens (tertiary/aromatic N) is 2. The van der Waals surface area contributed by atoms with Gasteiger partial charge in [0.2, 0.25) is 12.7 Å². The second kappa shape index (κ2) is 7.14. The molecule has 0 unspecified atom stereocenters. The van der Waals surface area contributed by atoms with Crippen LogP contribution >= 0.6 is 0 Å². The molecule has 4 rings (SSSR count). The maximum absolute atomic E-state index is 12.2. The molecule has 0 spiro atoms. The molecule has 9 heteroatoms. The maximum Gasteiger partial charge on any atom is 0.313 e. The van der Waals surface area contributed by atoms with Crippen molar-refractivity contribution < 1.29 is 33.6 Å². The van der Waals surface area contributed by atoms with Gasteiger partial charge in [-0.25, -0.2) is 0 Å². The molecule has 1 aromatic carbocycles. The molecule has 0 aliphatic carbocycles. The predicted molar refractivity (Wildman–Crippen MR) is 96.4 cm³/mol. The van der Waals surface area contributed by atoms with E-state index in [0.29, 0.717) is 43.4 Å². The van der Waals surface area contributed by atoms with Gasteiger partial charge in [0.15, 0.2) is 11.5 Å². The van der Waals surface area contributed by atoms with E-state index in [4.69, 9.17) is 18.9 Å². The van der Waals surface area contributed by atoms with Crippen LogP contribution in [0, 0.1) is 11.3 Å². The molecule has 2 atom stereocenters. The van der Waals surface area contributed by atoms with Crippen molar-refractivity contribution in [1.29, 1.82) is 0 Å². The van der Waals surface area contributed by atoms with Crippen molar-refractivity contribution in [2.24, 2.45) is 11.3 Å². The topological polar surface area (TPSA) is 97.8 Å². The lowest BCUT2D eigenvalue weighted by Crippen LogP contribution is -2.42. The number of likely N-dealkylation sites (tertiary alicyclic amines) is 2. The number of benzene rings is 1. The van der Waals surface area contributed by atoms with E-state index in [1.807, 2.05) is 6.07 Å². The van der Waals surface area contributed by atoms with Crippen LogP contribution in [0.1, 0.15) is 5.56 Å². The fourth-order valence-electron chi connectivity index (χ4n) is 4.52. The molecule has 1 amide bonds. The highest BCUT2D eigenvalue weighted by Crippen LogP contribution is 2.44. The van der Waals surface area contributed by atoms with Gasteiger partial charge in [-0.2, -0.15) is 0 Å². The number of methoxy groups -OCH3 is 2. The Morgan fingerprint density at radius 3 is 2.61 bits per heavy atom. The van der Waals surface area contributed by atoms with Gasteiger partial charge < -0.3 is 29.0 Å². The Balaban J connectivity index is 1.51. The molecule has 1 N–H and O–H groups in total. The number of fused-ring (bicyclic) bond motifs is 2. The van der Waals surface area contributed by atoms with E-state index in [9.17, 15) is 14.7 Å². The van der Waals surface area contributed by atoms with Gasteiger partial charge in [0, 0.05) is 57.4 Å². The van der Waals surface area contributed by atoms with Crippen LogP contribution in [0.2, 0.25) is 0 Å². The first-order chi connectivity index (χ1) is 13.5. The van der Waals surface area contributed by atoms with Crippen LogP contribution in [0.4, 0.5) is 0 Å². The van der Waals surface area contributed by atoms with Gasteiger partial charge in [0.25, 0.3) is 0 Å². The second-order valence-corrected chi connectivity index (χ2v) is 7.55. The highest BCUT2D eigenvalue weighted by molar-refractivity contribution is 5.82. The van der Waals surface area contributed by atoms with Crippen molar-refractivity contribution in [3.8, 4) is 17.2 Å². The van der Waals surface area contributed by atoms with Gasteiger partial charge in [-0.3, -0.25) is 14.5 Å². The van der Waals surface area contributed by atoms with Crippen molar-refractivity contribution >= 4 is 11.9 Å². The summed E-state index contributed by atoms with van der Waals surface area (Å²) in [4.78, 5) is 28.0. The minimum Gasteiger partial charge on any atom is -0.496 e. The van der Waals surface area contributed by atoms with Crippen LogP contribution in [-0.4, -0.2) is 80.6 Å². The van der Waals surface area contributed by atoms with E-state index in [2.05, 4.69) is 4.90 Å². The van der Waals surface area contributed by atoms with E-state index in [0.717, 1.165) is 5.56 Å². The Labute approximate surface area is 162 Å². The number of carboxylic acid groups (broad SMARTS) is 1. The van der Waals surface area contributed by atoms with E-state index in [-0.39, 0.29) is 31.8 Å². The number of rotatable bonds is 6. The van der Waals surface area contributed by atoms with Gasteiger partial charge in [0.05, 0.1) is 7.11 Å². The highest BCUT2D eigenvalue weighted by atomic mass is 16.7. The predicted octanol–water partition coefficient (Wildman–Crippen LogP) is 0.415. The fourth-order valence-corrected chi connectivity index (χ4v) is 4.52. The fraction of sp³-hybridized carbons (Fsp3) is 0.579. The van der Waals surface area contributed by atoms with Crippen molar-refractivity contribution in [2.45, 2.75) is 6.54 Å². The Morgan fingerprint density at radius 1 is 1.21 bits per heavy atom. The third-order valence-electron chi connectivity index (χ3n) is 5.90. The summed E-state index contributed by atoms with van der Waals surface area (Å²) in [6.45, 7) is 2.31. The zero-order valence-corrected chi connectivity index (χ0v) is 16.0. The lowest BCUT2D eigenvalue weighted by atomic mass is 9.81. The summed E-state index contributed by atoms with van der Waals surface area (Å²) in [6.07, 6.45) is 0. The zero-order valence-electron chi connectivity index (χ0n) is 16.0. The monoisotopic (exact) mass is 392 g/mol. The molecule has 3 aliphatic rings. The third-order valence-corrected chi connectivity index (χ3v) is 5.90. The van der Waals surface area contributed by atoms with Gasteiger partial charge >= 0.3 is 5.97 Å². The number of ether oxygens (including phenoxy) is 4. The summed E-state index contributed by atoms with van der Waals surface area (Å²) in [5, 5.41) is 9.96. The molecule has 0 bridgehead atoms. The summed E-state index contributed by atoms with van der Waals surface area (Å²) in [6, 6.07) is 3.68. The first-order valence-electron chi connectivity index (χ1n) is 9.16. The van der Waals surface area contributed by atoms with Crippen LogP contribution in [0.3, 0.4) is 0 Å². The number of carbonyl (C=O) groups is 2. The average molecular weight is 392 g/mol. The summed E-state index contributed by atoms with van der Waals surface area (Å²) >= 11 is 0. The lowest BCUT2D eigenvalue weighted by Gasteiger charge is -2.25. The first kappa shape index (κ1) is 18.8. The SMILES string of the molecule is COCC(=O)N1C[C@@H]2CN(Cc3cc4c(cc3OC)OCO4)C[C@]2(C(=O)O)C1. The molecule has 0 aromatic heterocycles. The normalized spacial score (nSPS) is 25.8. The van der Waals surface area contributed by atoms with E-state index < -0.39 is 11.4 Å². The van der Waals surface area contributed by atoms with Gasteiger partial charge in [-0.05, 0) is 6.07 Å². The molecule has 2 saturated heterocycles. The molecular weight excluding hydrogens is 368 g/mol. The Bertz CT molecular complexity index is 799. The minimum absolute atomic E-state index is 0.0273. The van der Waals surface area contributed by atoms with Crippen LogP contribution in [0.5, 0.6) is 17.2 Å². The van der Waals surface area contributed by atoms with Crippen LogP contribution in [-0.2, 0) is 20.9 Å². The highest BCUT2D eigenvalue weighted by Gasteiger charge is 2.58. The molecule has 0 radical (unpaired) electrons. The Hall–Kier alpha value is -2.52. The van der Waals surface area contributed by atoms with E-state index >= 15 is 0 Å².